The lowest BCUT2D eigenvalue weighted by atomic mass is 9.97. The molecule has 30 heavy (non-hydrogen) atoms. The van der Waals surface area contributed by atoms with Crippen LogP contribution < -0.4 is 9.64 Å². The summed E-state index contributed by atoms with van der Waals surface area (Å²) in [6.07, 6.45) is 4.03. The van der Waals surface area contributed by atoms with Gasteiger partial charge in [0.25, 0.3) is 5.91 Å². The van der Waals surface area contributed by atoms with Crippen molar-refractivity contribution in [2.75, 3.05) is 24.6 Å². The van der Waals surface area contributed by atoms with E-state index in [4.69, 9.17) is 4.74 Å². The van der Waals surface area contributed by atoms with Crippen molar-refractivity contribution in [3.8, 4) is 5.75 Å². The molecule has 0 radical (unpaired) electrons. The van der Waals surface area contributed by atoms with Crippen LogP contribution >= 0.6 is 0 Å². The Kier molecular flexibility index (Phi) is 5.79. The van der Waals surface area contributed by atoms with Crippen LogP contribution in [0.1, 0.15) is 41.7 Å². The lowest BCUT2D eigenvalue weighted by Crippen LogP contribution is -2.39. The number of imide groups is 1. The van der Waals surface area contributed by atoms with Gasteiger partial charge >= 0.3 is 0 Å². The smallest absolute Gasteiger partial charge is 0.253 e. The number of aromatic nitrogens is 1. The molecule has 156 valence electrons. The summed E-state index contributed by atoms with van der Waals surface area (Å²) in [5.41, 5.74) is 2.03. The molecule has 2 fully saturated rings. The lowest BCUT2D eigenvalue weighted by Gasteiger charge is -2.32. The summed E-state index contributed by atoms with van der Waals surface area (Å²) in [5.74, 6) is 0.841. The molecule has 2 aromatic rings. The van der Waals surface area contributed by atoms with Crippen molar-refractivity contribution in [1.29, 1.82) is 0 Å². The summed E-state index contributed by atoms with van der Waals surface area (Å²) < 4.78 is 5.88. The number of pyridine rings is 1. The predicted octanol–water partition coefficient (Wildman–Crippen LogP) is 2.97. The molecule has 0 N–H and O–H groups in total. The van der Waals surface area contributed by atoms with Crippen molar-refractivity contribution in [2.45, 2.75) is 32.6 Å². The van der Waals surface area contributed by atoms with E-state index < -0.39 is 0 Å². The average molecular weight is 407 g/mol. The van der Waals surface area contributed by atoms with Crippen molar-refractivity contribution >= 4 is 23.4 Å². The number of benzene rings is 1. The van der Waals surface area contributed by atoms with E-state index in [1.807, 2.05) is 24.0 Å². The highest BCUT2D eigenvalue weighted by Gasteiger charge is 2.30. The zero-order valence-corrected chi connectivity index (χ0v) is 17.0. The molecule has 0 unspecified atom stereocenters. The van der Waals surface area contributed by atoms with Gasteiger partial charge in [-0.1, -0.05) is 0 Å². The molecule has 4 rings (SSSR count). The van der Waals surface area contributed by atoms with Gasteiger partial charge in [0.15, 0.2) is 0 Å². The molecular formula is C23H25N3O4. The van der Waals surface area contributed by atoms with Crippen molar-refractivity contribution in [2.24, 2.45) is 5.92 Å². The number of hydrogen-bond acceptors (Lipinski definition) is 5. The molecular weight excluding hydrogens is 382 g/mol. The number of aryl methyl sites for hydroxylation is 1. The minimum atomic E-state index is -0.190. The monoisotopic (exact) mass is 407 g/mol. The Morgan fingerprint density at radius 2 is 1.73 bits per heavy atom. The number of likely N-dealkylation sites (tertiary alicyclic amines) is 1. The fourth-order valence-corrected chi connectivity index (χ4v) is 3.93. The average Bonchev–Trinajstić information content (AvgIpc) is 3.10. The zero-order chi connectivity index (χ0) is 21.1. The van der Waals surface area contributed by atoms with Gasteiger partial charge in [-0.2, -0.15) is 0 Å². The maximum absolute atomic E-state index is 12.8. The molecule has 0 saturated carbocycles. The number of amides is 3. The highest BCUT2D eigenvalue weighted by Crippen LogP contribution is 2.25. The maximum atomic E-state index is 12.8. The van der Waals surface area contributed by atoms with Crippen LogP contribution in [0.25, 0.3) is 0 Å². The summed E-state index contributed by atoms with van der Waals surface area (Å²) in [5, 5.41) is 0. The third-order valence-electron chi connectivity index (χ3n) is 5.68. The fraction of sp³-hybridized carbons (Fsp3) is 0.391. The van der Waals surface area contributed by atoms with Crippen LogP contribution in [0, 0.1) is 12.8 Å². The van der Waals surface area contributed by atoms with Gasteiger partial charge in [-0.25, -0.2) is 0 Å². The minimum absolute atomic E-state index is 0.0234. The largest absolute Gasteiger partial charge is 0.493 e. The molecule has 2 aliphatic heterocycles. The van der Waals surface area contributed by atoms with Crippen molar-refractivity contribution < 1.29 is 19.1 Å². The standard InChI is InChI=1S/C23H25N3O4/c1-16-14-20(8-11-24-16)30-15-17-9-12-25(13-10-17)23(29)18-2-4-19(5-3-18)26-21(27)6-7-22(26)28/h2-5,8,11,14,17H,6-7,9-10,12-13,15H2,1H3. The first-order chi connectivity index (χ1) is 14.5. The van der Waals surface area contributed by atoms with Crippen LogP contribution in [0.2, 0.25) is 0 Å². The topological polar surface area (TPSA) is 79.8 Å². The third kappa shape index (κ3) is 4.35. The quantitative estimate of drug-likeness (QED) is 0.712. The second-order valence-corrected chi connectivity index (χ2v) is 7.85. The van der Waals surface area contributed by atoms with Gasteiger partial charge < -0.3 is 9.64 Å². The molecule has 0 atom stereocenters. The summed E-state index contributed by atoms with van der Waals surface area (Å²) in [4.78, 5) is 43.8. The number of anilines is 1. The Hall–Kier alpha value is -3.22. The van der Waals surface area contributed by atoms with E-state index in [1.54, 1.807) is 30.5 Å². The summed E-state index contributed by atoms with van der Waals surface area (Å²) in [6.45, 7) is 3.95. The molecule has 1 aromatic heterocycles. The molecule has 3 amide bonds. The first kappa shape index (κ1) is 20.1. The number of nitrogens with zero attached hydrogens (tertiary/aromatic N) is 3. The second kappa shape index (κ2) is 8.65. The van der Waals surface area contributed by atoms with E-state index in [9.17, 15) is 14.4 Å². The number of ether oxygens (including phenoxy) is 1. The summed E-state index contributed by atoms with van der Waals surface area (Å²) >= 11 is 0. The van der Waals surface area contributed by atoms with E-state index in [2.05, 4.69) is 4.98 Å². The number of carbonyl (C=O) groups excluding carboxylic acids is 3. The molecule has 2 saturated heterocycles. The predicted molar refractivity (Wildman–Crippen MR) is 111 cm³/mol. The van der Waals surface area contributed by atoms with Gasteiger partial charge in [0.05, 0.1) is 12.3 Å². The molecule has 3 heterocycles. The van der Waals surface area contributed by atoms with Gasteiger partial charge in [-0.15, -0.1) is 0 Å². The van der Waals surface area contributed by atoms with E-state index in [0.29, 0.717) is 36.9 Å². The zero-order valence-electron chi connectivity index (χ0n) is 17.0. The molecule has 0 bridgehead atoms. The van der Waals surface area contributed by atoms with Crippen LogP contribution in [-0.2, 0) is 9.59 Å². The van der Waals surface area contributed by atoms with Gasteiger partial charge in [-0.3, -0.25) is 24.3 Å². The Balaban J connectivity index is 1.30. The van der Waals surface area contributed by atoms with Crippen molar-refractivity contribution in [3.05, 3.63) is 53.9 Å². The molecule has 0 aliphatic carbocycles. The van der Waals surface area contributed by atoms with E-state index in [0.717, 1.165) is 24.3 Å². The van der Waals surface area contributed by atoms with Crippen molar-refractivity contribution in [1.82, 2.24) is 9.88 Å². The molecule has 7 heteroatoms. The molecule has 0 spiro atoms. The number of carbonyl (C=O) groups is 3. The Morgan fingerprint density at radius 1 is 1.07 bits per heavy atom. The number of rotatable bonds is 5. The van der Waals surface area contributed by atoms with E-state index in [-0.39, 0.29) is 30.6 Å². The normalized spacial score (nSPS) is 17.5. The van der Waals surface area contributed by atoms with Crippen LogP contribution in [0.5, 0.6) is 5.75 Å². The number of piperidine rings is 1. The Morgan fingerprint density at radius 3 is 2.37 bits per heavy atom. The van der Waals surface area contributed by atoms with E-state index in [1.165, 1.54) is 4.90 Å². The first-order valence-electron chi connectivity index (χ1n) is 10.3. The fourth-order valence-electron chi connectivity index (χ4n) is 3.93. The third-order valence-corrected chi connectivity index (χ3v) is 5.68. The van der Waals surface area contributed by atoms with Crippen LogP contribution in [0.4, 0.5) is 5.69 Å². The van der Waals surface area contributed by atoms with Crippen LogP contribution in [-0.4, -0.2) is 47.3 Å². The van der Waals surface area contributed by atoms with Crippen LogP contribution in [0.3, 0.4) is 0 Å². The summed E-state index contributed by atoms with van der Waals surface area (Å²) in [6, 6.07) is 10.5. The Labute approximate surface area is 175 Å². The maximum Gasteiger partial charge on any atom is 0.253 e. The van der Waals surface area contributed by atoms with Crippen molar-refractivity contribution in [3.63, 3.8) is 0 Å². The Bertz CT molecular complexity index is 933. The molecule has 1 aromatic carbocycles. The summed E-state index contributed by atoms with van der Waals surface area (Å²) in [7, 11) is 0. The highest BCUT2D eigenvalue weighted by molar-refractivity contribution is 6.19. The van der Waals surface area contributed by atoms with Gasteiger partial charge in [-0.05, 0) is 56.0 Å². The van der Waals surface area contributed by atoms with E-state index >= 15 is 0 Å². The van der Waals surface area contributed by atoms with Gasteiger partial charge in [0, 0.05) is 49.5 Å². The molecule has 7 nitrogen and oxygen atoms in total. The SMILES string of the molecule is Cc1cc(OCC2CCN(C(=O)c3ccc(N4C(=O)CCC4=O)cc3)CC2)ccn1. The van der Waals surface area contributed by atoms with Gasteiger partial charge in [0.1, 0.15) is 5.75 Å². The lowest BCUT2D eigenvalue weighted by molar-refractivity contribution is -0.121. The first-order valence-corrected chi connectivity index (χ1v) is 10.3. The highest BCUT2D eigenvalue weighted by atomic mass is 16.5. The molecule has 2 aliphatic rings. The van der Waals surface area contributed by atoms with Gasteiger partial charge in [0.2, 0.25) is 11.8 Å². The van der Waals surface area contributed by atoms with Crippen LogP contribution in [0.15, 0.2) is 42.6 Å². The minimum Gasteiger partial charge on any atom is -0.493 e. The second-order valence-electron chi connectivity index (χ2n) is 7.85. The number of hydrogen-bond donors (Lipinski definition) is 0.